The van der Waals surface area contributed by atoms with E-state index in [1.807, 2.05) is 5.32 Å². The smallest absolute Gasteiger partial charge is 0.305 e. The maximum atomic E-state index is 14.8. The Kier molecular flexibility index (Phi) is 49.6. The van der Waals surface area contributed by atoms with Crippen LogP contribution in [0.25, 0.3) is 0 Å². The molecule has 2 aromatic rings. The summed E-state index contributed by atoms with van der Waals surface area (Å²) >= 11 is 1.21. The molecule has 0 saturated heterocycles. The van der Waals surface area contributed by atoms with Gasteiger partial charge in [-0.2, -0.15) is 11.8 Å². The second kappa shape index (κ2) is 56.8. The van der Waals surface area contributed by atoms with E-state index < -0.39 is 273 Å². The lowest BCUT2D eigenvalue weighted by Gasteiger charge is -2.28. The van der Waals surface area contributed by atoms with Gasteiger partial charge in [0.05, 0.1) is 31.5 Å². The van der Waals surface area contributed by atoms with Gasteiger partial charge in [-0.05, 0) is 136 Å². The Morgan fingerprint density at radius 2 is 0.811 bits per heavy atom. The van der Waals surface area contributed by atoms with Crippen molar-refractivity contribution in [2.45, 2.75) is 246 Å². The zero-order valence-electron chi connectivity index (χ0n) is 68.5. The van der Waals surface area contributed by atoms with Crippen molar-refractivity contribution in [1.29, 1.82) is 0 Å². The lowest BCUT2D eigenvalue weighted by Crippen LogP contribution is -2.61. The minimum Gasteiger partial charge on any atom is -0.481 e. The van der Waals surface area contributed by atoms with Crippen molar-refractivity contribution >= 4 is 124 Å². The summed E-state index contributed by atoms with van der Waals surface area (Å²) in [6.45, 7) is 4.17. The van der Waals surface area contributed by atoms with E-state index in [2.05, 4.69) is 84.4 Å². The van der Waals surface area contributed by atoms with E-state index in [0.717, 1.165) is 6.92 Å². The summed E-state index contributed by atoms with van der Waals surface area (Å²) in [6.07, 6.45) is -3.11. The highest BCUT2D eigenvalue weighted by Crippen LogP contribution is 2.14. The van der Waals surface area contributed by atoms with Gasteiger partial charge in [0.2, 0.25) is 94.5 Å². The molecule has 16 amide bonds. The van der Waals surface area contributed by atoms with Crippen LogP contribution in [-0.2, 0) is 104 Å². The van der Waals surface area contributed by atoms with Crippen LogP contribution in [0, 0.1) is 0 Å². The number of nitrogens with two attached hydrogens (primary N) is 7. The maximum Gasteiger partial charge on any atom is 0.305 e. The number of aliphatic hydroxyl groups is 2. The predicted molar refractivity (Wildman–Crippen MR) is 435 cm³/mol. The Hall–Kier alpha value is -11.6. The summed E-state index contributed by atoms with van der Waals surface area (Å²) in [6, 6.07) is -16.3. The molecule has 0 radical (unpaired) electrons. The highest BCUT2D eigenvalue weighted by Gasteiger charge is 2.39. The summed E-state index contributed by atoms with van der Waals surface area (Å²) in [5, 5.41) is 85.1. The summed E-state index contributed by atoms with van der Waals surface area (Å²) < 4.78 is 0. The number of hydrogen-bond donors (Lipinski definition) is 28. The minimum absolute atomic E-state index is 0.0236. The molecule has 0 bridgehead atoms. The number of unbranched alkanes of at least 4 members (excludes halogenated alkanes) is 2. The van der Waals surface area contributed by atoms with Gasteiger partial charge in [0.1, 0.15) is 90.9 Å². The van der Waals surface area contributed by atoms with Gasteiger partial charge in [-0.3, -0.25) is 96.4 Å². The number of rotatable bonds is 62. The number of aromatic amines is 1. The first-order valence-electron chi connectivity index (χ1n) is 39.2. The molecule has 0 spiro atoms. The number of primary amides is 2. The van der Waals surface area contributed by atoms with Gasteiger partial charge in [0, 0.05) is 44.0 Å². The molecule has 49 heteroatoms. The standard InChI is InChI=1S/C73H120N24O24S/c1-36(84-60(109)37(2)86-72(121)57(39(4)99)97-68(117)47(21-24-55(103)104)88-62(111)42(76)16-9-11-26-74)59(108)85-38(3)61(110)87-43(17-10-12-27-75)64(113)93-49(30-40-14-7-6-8-15-40)69(118)91-46(20-23-54(101)102)65(114)89-44(18-13-28-82-73(79)80)63(112)90-45(19-22-53(77)100)66(115)94-50(31-41-33-81-35-83-41)70(119)92-48(25-29-122-5)67(116)95-51(32-56(105)106)71(120)96-52(34-98)58(78)107/h6-8,14-15,33,35-39,42-52,57,73,82,98-99H,9-13,16-32,34,74-76,79-80H2,1-5H3,(H2,77,100)(H2,78,107)(H,81,83)(H,84,109)(H,85,108)(H,86,121)(H,87,110)(H,88,111)(H,89,114)(H,90,112)(H,91,118)(H,92,119)(H,93,113)(H,94,115)(H,95,116)(H,96,120)(H,97,117)(H,101,102)(H,103,104)(H,105,106)/t36-,37-,38-,39+,42-,43-,44-,45-,46-,47-,48-,49-,50-,51-,52-,57-/m0/s1. The number of aromatic nitrogens is 2. The molecule has 122 heavy (non-hydrogen) atoms. The largest absolute Gasteiger partial charge is 0.481 e. The van der Waals surface area contributed by atoms with E-state index in [1.54, 1.807) is 36.6 Å². The Balaban J connectivity index is 2.53. The lowest BCUT2D eigenvalue weighted by molar-refractivity contribution is -0.141. The molecule has 0 aliphatic carbocycles. The molecule has 0 aliphatic heterocycles. The fraction of sp³-hybridized carbons (Fsp3) is 0.616. The van der Waals surface area contributed by atoms with Gasteiger partial charge in [0.15, 0.2) is 0 Å². The first-order chi connectivity index (χ1) is 57.5. The van der Waals surface area contributed by atoms with Gasteiger partial charge >= 0.3 is 17.9 Å². The number of imidazole rings is 1. The van der Waals surface area contributed by atoms with E-state index in [1.165, 1.54) is 45.1 Å². The molecule has 682 valence electrons. The van der Waals surface area contributed by atoms with Crippen LogP contribution in [0.4, 0.5) is 0 Å². The number of aliphatic hydroxyl groups excluding tert-OH is 2. The minimum atomic E-state index is -1.91. The van der Waals surface area contributed by atoms with E-state index in [-0.39, 0.29) is 69.5 Å². The lowest BCUT2D eigenvalue weighted by atomic mass is 10.0. The van der Waals surface area contributed by atoms with E-state index in [4.69, 9.17) is 40.1 Å². The predicted octanol–water partition coefficient (Wildman–Crippen LogP) is -10.7. The summed E-state index contributed by atoms with van der Waals surface area (Å²) in [4.78, 5) is 262. The van der Waals surface area contributed by atoms with E-state index in [0.29, 0.717) is 31.4 Å². The molecule has 35 N–H and O–H groups in total. The fourth-order valence-electron chi connectivity index (χ4n) is 11.4. The van der Waals surface area contributed by atoms with E-state index >= 15 is 0 Å². The molecule has 0 unspecified atom stereocenters. The number of amides is 16. The third-order valence-corrected chi connectivity index (χ3v) is 19.0. The molecule has 0 saturated carbocycles. The number of carbonyl (C=O) groups excluding carboxylic acids is 16. The molecular formula is C73H120N24O24S. The molecule has 16 atom stereocenters. The number of carboxylic acids is 3. The molecular weight excluding hydrogens is 1630 g/mol. The highest BCUT2D eigenvalue weighted by molar-refractivity contribution is 7.98. The monoisotopic (exact) mass is 1750 g/mol. The molecule has 1 aromatic heterocycles. The molecule has 0 fully saturated rings. The van der Waals surface area contributed by atoms with Crippen LogP contribution >= 0.6 is 11.8 Å². The first kappa shape index (κ1) is 106. The Labute approximate surface area is 706 Å². The number of carbonyl (C=O) groups is 19. The van der Waals surface area contributed by atoms with E-state index in [9.17, 15) is 117 Å². The average molecular weight is 1750 g/mol. The number of thioether (sulfide) groups is 1. The maximum absolute atomic E-state index is 14.8. The summed E-state index contributed by atoms with van der Waals surface area (Å²) in [7, 11) is 0. The van der Waals surface area contributed by atoms with Crippen molar-refractivity contribution in [2.24, 2.45) is 40.1 Å². The molecule has 1 heterocycles. The highest BCUT2D eigenvalue weighted by atomic mass is 32.2. The van der Waals surface area contributed by atoms with Crippen molar-refractivity contribution < 1.29 is 117 Å². The van der Waals surface area contributed by atoms with Crippen molar-refractivity contribution in [3.63, 3.8) is 0 Å². The Morgan fingerprint density at radius 3 is 1.24 bits per heavy atom. The van der Waals surface area contributed by atoms with Crippen LogP contribution < -0.4 is 120 Å². The molecule has 0 aliphatic rings. The van der Waals surface area contributed by atoms with Crippen molar-refractivity contribution in [1.82, 2.24) is 89.7 Å². The first-order valence-corrected chi connectivity index (χ1v) is 40.6. The Bertz CT molecular complexity index is 3810. The van der Waals surface area contributed by atoms with Gasteiger partial charge in [-0.25, -0.2) is 4.98 Å². The quantitative estimate of drug-likeness (QED) is 0.0216. The average Bonchev–Trinajstić information content (AvgIpc) is 1.40. The van der Waals surface area contributed by atoms with Crippen molar-refractivity contribution in [2.75, 3.05) is 38.2 Å². The summed E-state index contributed by atoms with van der Waals surface area (Å²) in [5.41, 5.74) is 40.0. The number of nitrogens with one attached hydrogen (secondary N) is 16. The van der Waals surface area contributed by atoms with Crippen LogP contribution in [-0.4, -0.2) is 289 Å². The third-order valence-electron chi connectivity index (χ3n) is 18.4. The number of benzene rings is 1. The number of H-pyrrole nitrogens is 1. The molecule has 48 nitrogen and oxygen atoms in total. The van der Waals surface area contributed by atoms with Crippen molar-refractivity contribution in [3.8, 4) is 0 Å². The number of carboxylic acid groups (broad SMARTS) is 3. The van der Waals surface area contributed by atoms with Gasteiger partial charge < -0.3 is 145 Å². The molecule has 1 aromatic carbocycles. The van der Waals surface area contributed by atoms with Crippen LogP contribution in [0.5, 0.6) is 0 Å². The normalized spacial score (nSPS) is 15.1. The summed E-state index contributed by atoms with van der Waals surface area (Å²) in [5.74, 6) is -21.5. The topological polar surface area (TPSA) is 817 Å². The molecule has 2 rings (SSSR count). The second-order valence-corrected chi connectivity index (χ2v) is 29.6. The van der Waals surface area contributed by atoms with Crippen LogP contribution in [0.2, 0.25) is 0 Å². The number of aliphatic carboxylic acids is 3. The zero-order chi connectivity index (χ0) is 91.9. The van der Waals surface area contributed by atoms with Crippen LogP contribution in [0.1, 0.15) is 142 Å². The number of hydrogen-bond acceptors (Lipinski definition) is 29. The van der Waals surface area contributed by atoms with Gasteiger partial charge in [-0.15, -0.1) is 0 Å². The van der Waals surface area contributed by atoms with Crippen LogP contribution in [0.15, 0.2) is 42.9 Å². The second-order valence-electron chi connectivity index (χ2n) is 28.6. The zero-order valence-corrected chi connectivity index (χ0v) is 69.3. The Morgan fingerprint density at radius 1 is 0.426 bits per heavy atom. The fourth-order valence-corrected chi connectivity index (χ4v) is 11.9. The SMILES string of the molecule is CSCC[C@H](NC(=O)[C@H](Cc1cnc[nH]1)NC(=O)[C@H](CCC(N)=O)NC(=O)[C@H](CCCNC(N)N)NC(=O)[C@H](CCC(=O)O)NC(=O)[C@H](Cc1ccccc1)NC(=O)[C@H](CCCCN)NC(=O)[C@H](C)NC(=O)[C@H](C)NC(=O)[C@H](C)NC(=O)[C@@H](NC(=O)[C@H](CCC(=O)O)NC(=O)[C@@H](N)CCCCN)[C@@H](C)O)C(=O)N[C@@H](CC(=O)O)C(=O)N[C@@H](CO)C(N)=O. The number of nitrogens with zero attached hydrogens (tertiary/aromatic N) is 1. The van der Waals surface area contributed by atoms with Gasteiger partial charge in [-0.1, -0.05) is 36.8 Å². The van der Waals surface area contributed by atoms with Crippen molar-refractivity contribution in [3.05, 3.63) is 54.1 Å². The van der Waals surface area contributed by atoms with Gasteiger partial charge in [0.25, 0.3) is 0 Å². The third kappa shape index (κ3) is 41.6. The van der Waals surface area contributed by atoms with Crippen LogP contribution in [0.3, 0.4) is 0 Å².